The van der Waals surface area contributed by atoms with Crippen LogP contribution in [-0.2, 0) is 14.3 Å². The highest BCUT2D eigenvalue weighted by Crippen LogP contribution is 2.23. The van der Waals surface area contributed by atoms with Crippen LogP contribution in [0.1, 0.15) is 22.9 Å². The number of hydrogen-bond acceptors (Lipinski definition) is 5. The fourth-order valence-electron chi connectivity index (χ4n) is 2.05. The van der Waals surface area contributed by atoms with Crippen molar-refractivity contribution in [2.75, 3.05) is 13.7 Å². The molecule has 0 saturated carbocycles. The van der Waals surface area contributed by atoms with Crippen LogP contribution in [0.5, 0.6) is 5.75 Å². The average molecular weight is 368 g/mol. The van der Waals surface area contributed by atoms with Crippen molar-refractivity contribution in [1.29, 1.82) is 0 Å². The van der Waals surface area contributed by atoms with Gasteiger partial charge in [-0.3, -0.25) is 9.59 Å². The third kappa shape index (κ3) is 5.25. The van der Waals surface area contributed by atoms with Gasteiger partial charge in [0, 0.05) is 9.90 Å². The van der Waals surface area contributed by atoms with Crippen LogP contribution in [0.3, 0.4) is 0 Å². The van der Waals surface area contributed by atoms with Gasteiger partial charge in [-0.25, -0.2) is 0 Å². The summed E-state index contributed by atoms with van der Waals surface area (Å²) in [5.41, 5.74) is 0.872. The zero-order chi connectivity index (χ0) is 17.5. The van der Waals surface area contributed by atoms with Crippen LogP contribution < -0.4 is 10.1 Å². The lowest BCUT2D eigenvalue weighted by Crippen LogP contribution is -2.33. The minimum atomic E-state index is -0.430. The number of carbonyl (C=O) groups is 2. The van der Waals surface area contributed by atoms with E-state index in [2.05, 4.69) is 10.1 Å². The Hall–Kier alpha value is -2.05. The highest BCUT2D eigenvalue weighted by Gasteiger charge is 2.20. The smallest absolute Gasteiger partial charge is 0.307 e. The van der Waals surface area contributed by atoms with E-state index in [0.29, 0.717) is 10.8 Å². The molecule has 0 bridgehead atoms. The molecule has 1 unspecified atom stereocenters. The van der Waals surface area contributed by atoms with Crippen molar-refractivity contribution in [3.63, 3.8) is 0 Å². The van der Waals surface area contributed by atoms with Crippen LogP contribution in [-0.4, -0.2) is 25.6 Å². The Morgan fingerprint density at radius 3 is 2.75 bits per heavy atom. The highest BCUT2D eigenvalue weighted by atomic mass is 35.5. The molecule has 7 heteroatoms. The Morgan fingerprint density at radius 2 is 2.12 bits per heavy atom. The first-order chi connectivity index (χ1) is 11.5. The minimum absolute atomic E-state index is 0.0722. The standard InChI is InChI=1S/C17H18ClNO4S/c1-11-8-12(5-6-13(11)18)23-10-16(20)19-14(9-17(21)22-2)15-4-3-7-24-15/h3-8,14H,9-10H2,1-2H3,(H,19,20). The number of rotatable bonds is 7. The van der Waals surface area contributed by atoms with Gasteiger partial charge in [0.15, 0.2) is 6.61 Å². The summed E-state index contributed by atoms with van der Waals surface area (Å²) in [6.07, 6.45) is 0.0722. The lowest BCUT2D eigenvalue weighted by Gasteiger charge is -2.16. The highest BCUT2D eigenvalue weighted by molar-refractivity contribution is 7.10. The van der Waals surface area contributed by atoms with Crippen molar-refractivity contribution >= 4 is 34.8 Å². The predicted octanol–water partition coefficient (Wildman–Crippen LogP) is 3.51. The van der Waals surface area contributed by atoms with E-state index < -0.39 is 6.04 Å². The predicted molar refractivity (Wildman–Crippen MR) is 93.5 cm³/mol. The van der Waals surface area contributed by atoms with Crippen molar-refractivity contribution in [2.24, 2.45) is 0 Å². The number of hydrogen-bond donors (Lipinski definition) is 1. The van der Waals surface area contributed by atoms with E-state index in [1.165, 1.54) is 18.4 Å². The van der Waals surface area contributed by atoms with Gasteiger partial charge in [-0.2, -0.15) is 0 Å². The van der Waals surface area contributed by atoms with Crippen LogP contribution in [0.2, 0.25) is 5.02 Å². The van der Waals surface area contributed by atoms with E-state index in [-0.39, 0.29) is 24.9 Å². The molecule has 1 aromatic carbocycles. The summed E-state index contributed by atoms with van der Waals surface area (Å²) in [4.78, 5) is 24.6. The van der Waals surface area contributed by atoms with Gasteiger partial charge < -0.3 is 14.8 Å². The second-order valence-electron chi connectivity index (χ2n) is 5.12. The Kier molecular flexibility index (Phi) is 6.63. The first-order valence-electron chi connectivity index (χ1n) is 7.28. The Bertz CT molecular complexity index is 703. The molecule has 2 aromatic rings. The molecule has 128 valence electrons. The molecule has 2 rings (SSSR count). The van der Waals surface area contributed by atoms with Crippen LogP contribution in [0.15, 0.2) is 35.7 Å². The van der Waals surface area contributed by atoms with Gasteiger partial charge >= 0.3 is 5.97 Å². The number of esters is 1. The number of halogens is 1. The Morgan fingerprint density at radius 1 is 1.33 bits per heavy atom. The number of methoxy groups -OCH3 is 1. The molecule has 0 aliphatic rings. The molecule has 1 N–H and O–H groups in total. The van der Waals surface area contributed by atoms with E-state index in [9.17, 15) is 9.59 Å². The molecule has 0 fully saturated rings. The van der Waals surface area contributed by atoms with Crippen molar-refractivity contribution in [1.82, 2.24) is 5.32 Å². The summed E-state index contributed by atoms with van der Waals surface area (Å²) in [5.74, 6) is -0.138. The molecule has 1 atom stereocenters. The first-order valence-corrected chi connectivity index (χ1v) is 8.54. The van der Waals surface area contributed by atoms with Gasteiger partial charge in [0.2, 0.25) is 0 Å². The van der Waals surface area contributed by atoms with Gasteiger partial charge in [-0.1, -0.05) is 17.7 Å². The number of benzene rings is 1. The number of ether oxygens (including phenoxy) is 2. The molecular weight excluding hydrogens is 350 g/mol. The van der Waals surface area contributed by atoms with E-state index in [0.717, 1.165) is 10.4 Å². The SMILES string of the molecule is COC(=O)CC(NC(=O)COc1ccc(Cl)c(C)c1)c1cccs1. The Balaban J connectivity index is 1.94. The third-order valence-electron chi connectivity index (χ3n) is 3.32. The van der Waals surface area contributed by atoms with Crippen molar-refractivity contribution in [3.05, 3.63) is 51.2 Å². The largest absolute Gasteiger partial charge is 0.484 e. The minimum Gasteiger partial charge on any atom is -0.484 e. The summed E-state index contributed by atoms with van der Waals surface area (Å²) in [6, 6.07) is 8.48. The van der Waals surface area contributed by atoms with E-state index >= 15 is 0 Å². The molecule has 5 nitrogen and oxygen atoms in total. The number of nitrogens with one attached hydrogen (secondary N) is 1. The summed E-state index contributed by atoms with van der Waals surface area (Å²) >= 11 is 7.42. The maximum Gasteiger partial charge on any atom is 0.307 e. The van der Waals surface area contributed by atoms with E-state index in [1.807, 2.05) is 24.4 Å². The molecule has 1 aromatic heterocycles. The zero-order valence-electron chi connectivity index (χ0n) is 13.4. The third-order valence-corrected chi connectivity index (χ3v) is 4.73. The fourth-order valence-corrected chi connectivity index (χ4v) is 2.95. The van der Waals surface area contributed by atoms with Crippen LogP contribution >= 0.6 is 22.9 Å². The van der Waals surface area contributed by atoms with E-state index in [1.54, 1.807) is 18.2 Å². The van der Waals surface area contributed by atoms with Crippen LogP contribution in [0, 0.1) is 6.92 Å². The monoisotopic (exact) mass is 367 g/mol. The molecule has 0 aliphatic heterocycles. The average Bonchev–Trinajstić information content (AvgIpc) is 3.09. The fraction of sp³-hybridized carbons (Fsp3) is 0.294. The number of carbonyl (C=O) groups excluding carboxylic acids is 2. The summed E-state index contributed by atoms with van der Waals surface area (Å²) < 4.78 is 10.2. The molecule has 0 aliphatic carbocycles. The molecule has 1 amide bonds. The Labute approximate surface area is 149 Å². The van der Waals surface area contributed by atoms with Crippen molar-refractivity contribution < 1.29 is 19.1 Å². The van der Waals surface area contributed by atoms with Gasteiger partial charge in [-0.15, -0.1) is 11.3 Å². The molecule has 0 saturated heterocycles. The molecule has 1 heterocycles. The summed E-state index contributed by atoms with van der Waals surface area (Å²) in [6.45, 7) is 1.71. The lowest BCUT2D eigenvalue weighted by molar-refractivity contribution is -0.141. The molecular formula is C17H18ClNO4S. The normalized spacial score (nSPS) is 11.6. The first kappa shape index (κ1) is 18.3. The second kappa shape index (κ2) is 8.70. The molecule has 24 heavy (non-hydrogen) atoms. The van der Waals surface area contributed by atoms with Crippen molar-refractivity contribution in [2.45, 2.75) is 19.4 Å². The maximum atomic E-state index is 12.1. The molecule has 0 spiro atoms. The number of aryl methyl sites for hydroxylation is 1. The molecule has 0 radical (unpaired) electrons. The summed E-state index contributed by atoms with van der Waals surface area (Å²) in [5, 5.41) is 5.33. The van der Waals surface area contributed by atoms with Gasteiger partial charge in [0.1, 0.15) is 5.75 Å². The lowest BCUT2D eigenvalue weighted by atomic mass is 10.1. The topological polar surface area (TPSA) is 64.6 Å². The van der Waals surface area contributed by atoms with Crippen LogP contribution in [0.4, 0.5) is 0 Å². The van der Waals surface area contributed by atoms with Crippen molar-refractivity contribution in [3.8, 4) is 5.75 Å². The second-order valence-corrected chi connectivity index (χ2v) is 6.50. The maximum absolute atomic E-state index is 12.1. The number of thiophene rings is 1. The number of amides is 1. The van der Waals surface area contributed by atoms with Gasteiger partial charge in [-0.05, 0) is 42.1 Å². The van der Waals surface area contributed by atoms with Gasteiger partial charge in [0.25, 0.3) is 5.91 Å². The van der Waals surface area contributed by atoms with E-state index in [4.69, 9.17) is 16.3 Å². The summed E-state index contributed by atoms with van der Waals surface area (Å²) in [7, 11) is 1.32. The quantitative estimate of drug-likeness (QED) is 0.760. The zero-order valence-corrected chi connectivity index (χ0v) is 14.9. The van der Waals surface area contributed by atoms with Crippen LogP contribution in [0.25, 0.3) is 0 Å². The van der Waals surface area contributed by atoms with Gasteiger partial charge in [0.05, 0.1) is 19.6 Å².